The van der Waals surface area contributed by atoms with Crippen LogP contribution in [0.4, 0.5) is 0 Å². The lowest BCUT2D eigenvalue weighted by atomic mass is 10.1. The van der Waals surface area contributed by atoms with Crippen molar-refractivity contribution in [2.24, 2.45) is 0 Å². The Labute approximate surface area is 125 Å². The number of aromatic nitrogens is 2. The van der Waals surface area contributed by atoms with Gasteiger partial charge in [0.05, 0.1) is 0 Å². The zero-order valence-corrected chi connectivity index (χ0v) is 13.5. The molecule has 1 aromatic heterocycles. The molecule has 7 nitrogen and oxygen atoms in total. The van der Waals surface area contributed by atoms with Crippen LogP contribution in [0.25, 0.3) is 0 Å². The van der Waals surface area contributed by atoms with E-state index in [0.717, 1.165) is 12.8 Å². The highest BCUT2D eigenvalue weighted by Crippen LogP contribution is 2.12. The van der Waals surface area contributed by atoms with Gasteiger partial charge in [-0.3, -0.25) is 4.79 Å². The summed E-state index contributed by atoms with van der Waals surface area (Å²) in [6.07, 6.45) is 4.01. The summed E-state index contributed by atoms with van der Waals surface area (Å²) in [6.45, 7) is 6.30. The molecule has 0 unspecified atom stereocenters. The molecule has 1 rings (SSSR count). The van der Waals surface area contributed by atoms with Crippen LogP contribution >= 0.6 is 0 Å². The number of sulfonamides is 1. The van der Waals surface area contributed by atoms with Crippen molar-refractivity contribution in [3.63, 3.8) is 0 Å². The van der Waals surface area contributed by atoms with Crippen LogP contribution < -0.4 is 4.72 Å². The maximum atomic E-state index is 12.2. The minimum atomic E-state index is -3.92. The van der Waals surface area contributed by atoms with Gasteiger partial charge in [-0.1, -0.05) is 26.7 Å². The van der Waals surface area contributed by atoms with E-state index in [2.05, 4.69) is 9.71 Å². The predicted octanol–water partition coefficient (Wildman–Crippen LogP) is 1.52. The van der Waals surface area contributed by atoms with E-state index in [1.807, 2.05) is 13.8 Å². The molecule has 0 amide bonds. The number of aryl methyl sites for hydroxylation is 2. The third-order valence-electron chi connectivity index (χ3n) is 3.14. The van der Waals surface area contributed by atoms with E-state index in [1.165, 1.54) is 6.20 Å². The van der Waals surface area contributed by atoms with Gasteiger partial charge in [-0.25, -0.2) is 13.4 Å². The zero-order valence-electron chi connectivity index (χ0n) is 12.7. The van der Waals surface area contributed by atoms with Crippen molar-refractivity contribution in [3.05, 3.63) is 12.0 Å². The lowest BCUT2D eigenvalue weighted by Crippen LogP contribution is -2.40. The number of nitrogens with one attached hydrogen (secondary N) is 1. The van der Waals surface area contributed by atoms with Crippen LogP contribution in [0.2, 0.25) is 0 Å². The predicted molar refractivity (Wildman–Crippen MR) is 78.5 cm³/mol. The van der Waals surface area contributed by atoms with Crippen molar-refractivity contribution in [1.29, 1.82) is 0 Å². The summed E-state index contributed by atoms with van der Waals surface area (Å²) in [5, 5.41) is 8.97. The molecule has 1 atom stereocenters. The molecular weight excluding hydrogens is 294 g/mol. The van der Waals surface area contributed by atoms with Crippen molar-refractivity contribution in [2.45, 2.75) is 64.1 Å². The lowest BCUT2D eigenvalue weighted by molar-refractivity contribution is -0.139. The van der Waals surface area contributed by atoms with E-state index >= 15 is 0 Å². The summed E-state index contributed by atoms with van der Waals surface area (Å²) in [6, 6.07) is -1.12. The average Bonchev–Trinajstić information content (AvgIpc) is 2.77. The monoisotopic (exact) mass is 317 g/mol. The van der Waals surface area contributed by atoms with Crippen LogP contribution in [0.3, 0.4) is 0 Å². The minimum Gasteiger partial charge on any atom is -0.480 e. The summed E-state index contributed by atoms with van der Waals surface area (Å²) < 4.78 is 28.4. The highest BCUT2D eigenvalue weighted by Gasteiger charge is 2.27. The summed E-state index contributed by atoms with van der Waals surface area (Å²) in [7, 11) is -3.92. The van der Waals surface area contributed by atoms with E-state index in [4.69, 9.17) is 5.11 Å². The molecule has 21 heavy (non-hydrogen) atoms. The van der Waals surface area contributed by atoms with Crippen molar-refractivity contribution in [1.82, 2.24) is 14.3 Å². The van der Waals surface area contributed by atoms with Crippen LogP contribution in [0.5, 0.6) is 0 Å². The first-order valence-electron chi connectivity index (χ1n) is 7.10. The number of aliphatic carboxylic acids is 1. The highest BCUT2D eigenvalue weighted by molar-refractivity contribution is 7.89. The van der Waals surface area contributed by atoms with Crippen LogP contribution in [0.15, 0.2) is 11.2 Å². The van der Waals surface area contributed by atoms with E-state index in [9.17, 15) is 13.2 Å². The number of imidazole rings is 1. The number of nitrogens with zero attached hydrogens (tertiary/aromatic N) is 2. The molecule has 0 radical (unpaired) electrons. The Balaban J connectivity index is 2.93. The van der Waals surface area contributed by atoms with Gasteiger partial charge >= 0.3 is 5.97 Å². The Hall–Kier alpha value is -1.41. The maximum Gasteiger partial charge on any atom is 0.321 e. The normalized spacial score (nSPS) is 13.3. The largest absolute Gasteiger partial charge is 0.480 e. The Morgan fingerprint density at radius 3 is 2.62 bits per heavy atom. The second kappa shape index (κ2) is 7.56. The average molecular weight is 317 g/mol. The highest BCUT2D eigenvalue weighted by atomic mass is 32.2. The van der Waals surface area contributed by atoms with Crippen LogP contribution in [-0.4, -0.2) is 35.1 Å². The van der Waals surface area contributed by atoms with Crippen molar-refractivity contribution in [3.8, 4) is 0 Å². The number of unbranched alkanes of at least 4 members (excludes halogenated alkanes) is 1. The topological polar surface area (TPSA) is 101 Å². The lowest BCUT2D eigenvalue weighted by Gasteiger charge is -2.13. The maximum absolute atomic E-state index is 12.2. The fourth-order valence-corrected chi connectivity index (χ4v) is 3.20. The summed E-state index contributed by atoms with van der Waals surface area (Å²) in [4.78, 5) is 15.1. The van der Waals surface area contributed by atoms with Gasteiger partial charge in [0.25, 0.3) is 10.0 Å². The summed E-state index contributed by atoms with van der Waals surface area (Å²) in [5.41, 5.74) is 0. The molecule has 0 aliphatic rings. The molecule has 1 heterocycles. The number of carboxylic acids is 1. The molecule has 0 aromatic carbocycles. The Kier molecular flexibility index (Phi) is 6.35. The van der Waals surface area contributed by atoms with Crippen LogP contribution in [-0.2, 0) is 21.4 Å². The van der Waals surface area contributed by atoms with Gasteiger partial charge in [-0.2, -0.15) is 4.72 Å². The van der Waals surface area contributed by atoms with Gasteiger partial charge in [0, 0.05) is 12.7 Å². The second-order valence-electron chi connectivity index (χ2n) is 4.97. The molecule has 2 N–H and O–H groups in total. The fourth-order valence-electron chi connectivity index (χ4n) is 1.96. The van der Waals surface area contributed by atoms with Crippen LogP contribution in [0.1, 0.15) is 45.4 Å². The Bertz CT molecular complexity index is 580. The van der Waals surface area contributed by atoms with E-state index in [1.54, 1.807) is 11.5 Å². The van der Waals surface area contributed by atoms with Crippen molar-refractivity contribution < 1.29 is 18.3 Å². The molecular formula is C13H23N3O4S. The first-order chi connectivity index (χ1) is 9.81. The van der Waals surface area contributed by atoms with E-state index in [-0.39, 0.29) is 11.4 Å². The third-order valence-corrected chi connectivity index (χ3v) is 4.48. The number of hydrogen-bond acceptors (Lipinski definition) is 4. The summed E-state index contributed by atoms with van der Waals surface area (Å²) >= 11 is 0. The molecule has 0 fully saturated rings. The minimum absolute atomic E-state index is 0.129. The molecule has 8 heteroatoms. The molecule has 1 aromatic rings. The van der Waals surface area contributed by atoms with Gasteiger partial charge < -0.3 is 9.67 Å². The molecule has 0 saturated carbocycles. The molecule has 0 aliphatic heterocycles. The van der Waals surface area contributed by atoms with E-state index < -0.39 is 22.0 Å². The standard InChI is InChI=1S/C13H23N3O4S/c1-4-6-7-11(13(17)18)15-21(19,20)12-9-16(8-5-2)10(3)14-12/h9,11,15H,4-8H2,1-3H3,(H,17,18)/t11-/m0/s1. The SMILES string of the molecule is CCCC[C@H](NS(=O)(=O)c1cn(CCC)c(C)n1)C(=O)O. The molecule has 0 saturated heterocycles. The first kappa shape index (κ1) is 17.6. The molecule has 120 valence electrons. The van der Waals surface area contributed by atoms with Crippen molar-refractivity contribution in [2.75, 3.05) is 0 Å². The quantitative estimate of drug-likeness (QED) is 0.719. The Morgan fingerprint density at radius 2 is 2.10 bits per heavy atom. The number of rotatable bonds is 9. The van der Waals surface area contributed by atoms with Crippen LogP contribution in [0, 0.1) is 6.92 Å². The fraction of sp³-hybridized carbons (Fsp3) is 0.692. The number of carbonyl (C=O) groups is 1. The van der Waals surface area contributed by atoms with Gasteiger partial charge in [0.1, 0.15) is 11.9 Å². The zero-order chi connectivity index (χ0) is 16.0. The number of carboxylic acid groups (broad SMARTS) is 1. The van der Waals surface area contributed by atoms with E-state index in [0.29, 0.717) is 18.8 Å². The van der Waals surface area contributed by atoms with Gasteiger partial charge in [-0.15, -0.1) is 0 Å². The molecule has 0 bridgehead atoms. The third kappa shape index (κ3) is 4.82. The second-order valence-corrected chi connectivity index (χ2v) is 6.63. The van der Waals surface area contributed by atoms with Gasteiger partial charge in [-0.05, 0) is 19.8 Å². The van der Waals surface area contributed by atoms with Gasteiger partial charge in [0.15, 0.2) is 5.03 Å². The smallest absolute Gasteiger partial charge is 0.321 e. The van der Waals surface area contributed by atoms with Gasteiger partial charge in [0.2, 0.25) is 0 Å². The first-order valence-corrected chi connectivity index (χ1v) is 8.59. The number of hydrogen-bond donors (Lipinski definition) is 2. The summed E-state index contributed by atoms with van der Waals surface area (Å²) in [5.74, 6) is -0.575. The molecule has 0 spiro atoms. The molecule has 0 aliphatic carbocycles. The Morgan fingerprint density at radius 1 is 1.43 bits per heavy atom. The van der Waals surface area contributed by atoms with Crippen molar-refractivity contribution >= 4 is 16.0 Å².